The van der Waals surface area contributed by atoms with Crippen molar-refractivity contribution in [2.24, 2.45) is 0 Å². The lowest BCUT2D eigenvalue weighted by atomic mass is 10.1. The van der Waals surface area contributed by atoms with Crippen LogP contribution in [0.4, 0.5) is 0 Å². The lowest BCUT2D eigenvalue weighted by Gasteiger charge is -2.13. The molecule has 22 heavy (non-hydrogen) atoms. The fourth-order valence-electron chi connectivity index (χ4n) is 1.77. The van der Waals surface area contributed by atoms with Gasteiger partial charge >= 0.3 is 5.97 Å². The number of aromatic hydroxyl groups is 1. The van der Waals surface area contributed by atoms with Crippen LogP contribution in [0.1, 0.15) is 56.3 Å². The van der Waals surface area contributed by atoms with Gasteiger partial charge in [0, 0.05) is 21.4 Å². The summed E-state index contributed by atoms with van der Waals surface area (Å²) in [6, 6.07) is 6.12. The van der Waals surface area contributed by atoms with Gasteiger partial charge in [0.2, 0.25) is 9.23 Å². The second-order valence-electron chi connectivity index (χ2n) is 4.80. The standard InChI is InChI=1S/C15H22O3.Cl2OS/c1-3-4-5-6-7-12(2)18-15(17)13-8-10-14(16)11-9-13;1-4(2)3/h8-12,16H,3-7H2,1-2H3;. The Morgan fingerprint density at radius 1 is 1.23 bits per heavy atom. The molecular weight excluding hydrogens is 347 g/mol. The average Bonchev–Trinajstić information content (AvgIpc) is 2.43. The molecule has 0 aromatic heterocycles. The topological polar surface area (TPSA) is 63.6 Å². The second kappa shape index (κ2) is 12.7. The number of carbonyl (C=O) groups is 1. The van der Waals surface area contributed by atoms with Gasteiger partial charge in [0.05, 0.1) is 11.7 Å². The zero-order valence-electron chi connectivity index (χ0n) is 12.8. The number of benzene rings is 1. The van der Waals surface area contributed by atoms with Crippen LogP contribution < -0.4 is 0 Å². The van der Waals surface area contributed by atoms with Gasteiger partial charge in [-0.05, 0) is 44.0 Å². The highest BCUT2D eigenvalue weighted by Gasteiger charge is 2.11. The third kappa shape index (κ3) is 11.8. The van der Waals surface area contributed by atoms with Crippen molar-refractivity contribution in [2.45, 2.75) is 52.1 Å². The second-order valence-corrected chi connectivity index (χ2v) is 7.32. The lowest BCUT2D eigenvalue weighted by molar-refractivity contribution is 0.0319. The quantitative estimate of drug-likeness (QED) is 0.420. The first kappa shape index (κ1) is 21.2. The van der Waals surface area contributed by atoms with Crippen molar-refractivity contribution in [2.75, 3.05) is 0 Å². The molecular formula is C15H22Cl2O4S. The van der Waals surface area contributed by atoms with Gasteiger partial charge in [0.25, 0.3) is 0 Å². The van der Waals surface area contributed by atoms with Crippen molar-refractivity contribution in [3.63, 3.8) is 0 Å². The van der Waals surface area contributed by atoms with Crippen LogP contribution in [-0.4, -0.2) is 21.4 Å². The first-order valence-electron chi connectivity index (χ1n) is 7.11. The van der Waals surface area contributed by atoms with Crippen molar-refractivity contribution in [3.05, 3.63) is 29.8 Å². The summed E-state index contributed by atoms with van der Waals surface area (Å²) in [5, 5.41) is 9.13. The van der Waals surface area contributed by atoms with E-state index < -0.39 is 9.23 Å². The summed E-state index contributed by atoms with van der Waals surface area (Å²) in [4.78, 5) is 11.8. The Morgan fingerprint density at radius 2 is 1.77 bits per heavy atom. The van der Waals surface area contributed by atoms with E-state index in [1.54, 1.807) is 12.1 Å². The van der Waals surface area contributed by atoms with Crippen LogP contribution in [-0.2, 0) is 14.0 Å². The van der Waals surface area contributed by atoms with Gasteiger partial charge in [-0.2, -0.15) is 0 Å². The Balaban J connectivity index is 0.000000980. The third-order valence-corrected chi connectivity index (χ3v) is 2.88. The van der Waals surface area contributed by atoms with Crippen molar-refractivity contribution in [3.8, 4) is 5.75 Å². The molecule has 0 bridgehead atoms. The molecule has 0 amide bonds. The van der Waals surface area contributed by atoms with Crippen LogP contribution in [0, 0.1) is 0 Å². The minimum Gasteiger partial charge on any atom is -0.508 e. The van der Waals surface area contributed by atoms with Crippen LogP contribution in [0.15, 0.2) is 24.3 Å². The number of hydrogen-bond donors (Lipinski definition) is 1. The van der Waals surface area contributed by atoms with Crippen LogP contribution in [0.2, 0.25) is 0 Å². The molecule has 1 N–H and O–H groups in total. The minimum absolute atomic E-state index is 0.0526. The molecule has 1 atom stereocenters. The number of hydrogen-bond acceptors (Lipinski definition) is 4. The van der Waals surface area contributed by atoms with Crippen LogP contribution in [0.25, 0.3) is 0 Å². The van der Waals surface area contributed by atoms with Gasteiger partial charge in [-0.3, -0.25) is 0 Å². The molecule has 1 rings (SSSR count). The van der Waals surface area contributed by atoms with E-state index in [0.29, 0.717) is 5.56 Å². The van der Waals surface area contributed by atoms with E-state index in [2.05, 4.69) is 28.3 Å². The number of unbranched alkanes of at least 4 members (excludes halogenated alkanes) is 3. The fourth-order valence-corrected chi connectivity index (χ4v) is 1.77. The SMILES string of the molecule is CCCCCCC(C)OC(=O)c1ccc(O)cc1.O=S(Cl)Cl. The summed E-state index contributed by atoms with van der Waals surface area (Å²) in [6.07, 6.45) is 5.59. The number of phenols is 1. The number of carbonyl (C=O) groups excluding carboxylic acids is 1. The molecule has 7 heteroatoms. The maximum Gasteiger partial charge on any atom is 0.338 e. The Labute approximate surface area is 143 Å². The molecule has 4 nitrogen and oxygen atoms in total. The van der Waals surface area contributed by atoms with Gasteiger partial charge in [0.1, 0.15) is 5.75 Å². The molecule has 0 aliphatic rings. The van der Waals surface area contributed by atoms with Gasteiger partial charge in [-0.15, -0.1) is 0 Å². The highest BCUT2D eigenvalue weighted by molar-refractivity contribution is 8.26. The number of rotatable bonds is 7. The first-order valence-corrected chi connectivity index (χ1v) is 9.91. The Kier molecular flexibility index (Phi) is 12.3. The molecule has 0 fully saturated rings. The van der Waals surface area contributed by atoms with Crippen molar-refractivity contribution in [1.82, 2.24) is 0 Å². The molecule has 1 aromatic rings. The Bertz CT molecular complexity index is 447. The molecule has 0 radical (unpaired) electrons. The Hall–Kier alpha value is -0.780. The van der Waals surface area contributed by atoms with E-state index in [4.69, 9.17) is 14.1 Å². The summed E-state index contributed by atoms with van der Waals surface area (Å²) in [5.41, 5.74) is 0.480. The monoisotopic (exact) mass is 368 g/mol. The summed E-state index contributed by atoms with van der Waals surface area (Å²) in [5.74, 6) is -0.169. The third-order valence-electron chi connectivity index (χ3n) is 2.88. The predicted octanol–water partition coefficient (Wildman–Crippen LogP) is 4.95. The first-order chi connectivity index (χ1) is 10.4. The molecule has 1 aromatic carbocycles. The lowest BCUT2D eigenvalue weighted by Crippen LogP contribution is -2.14. The molecule has 0 aliphatic carbocycles. The van der Waals surface area contributed by atoms with Crippen LogP contribution in [0.5, 0.6) is 5.75 Å². The zero-order valence-corrected chi connectivity index (χ0v) is 15.1. The van der Waals surface area contributed by atoms with Gasteiger partial charge in [-0.25, -0.2) is 9.00 Å². The number of esters is 1. The number of phenolic OH excluding ortho intramolecular Hbond substituents is 1. The largest absolute Gasteiger partial charge is 0.508 e. The van der Waals surface area contributed by atoms with Gasteiger partial charge in [-0.1, -0.05) is 26.2 Å². The molecule has 126 valence electrons. The molecule has 0 aliphatic heterocycles. The normalized spacial score (nSPS) is 11.5. The summed E-state index contributed by atoms with van der Waals surface area (Å²) in [7, 11) is 7.36. The van der Waals surface area contributed by atoms with E-state index >= 15 is 0 Å². The summed E-state index contributed by atoms with van der Waals surface area (Å²) < 4.78 is 14.4. The number of halogens is 2. The van der Waals surface area contributed by atoms with Crippen LogP contribution in [0.3, 0.4) is 0 Å². The van der Waals surface area contributed by atoms with Crippen molar-refractivity contribution < 1.29 is 18.8 Å². The van der Waals surface area contributed by atoms with E-state index in [-0.39, 0.29) is 17.8 Å². The zero-order chi connectivity index (χ0) is 17.0. The molecule has 0 saturated heterocycles. The molecule has 0 saturated carbocycles. The van der Waals surface area contributed by atoms with E-state index in [0.717, 1.165) is 12.8 Å². The van der Waals surface area contributed by atoms with E-state index in [1.807, 2.05) is 6.92 Å². The summed E-state index contributed by atoms with van der Waals surface area (Å²) in [6.45, 7) is 4.10. The van der Waals surface area contributed by atoms with Crippen molar-refractivity contribution in [1.29, 1.82) is 0 Å². The Morgan fingerprint density at radius 3 is 2.27 bits per heavy atom. The highest BCUT2D eigenvalue weighted by atomic mass is 36.0. The fraction of sp³-hybridized carbons (Fsp3) is 0.533. The average molecular weight is 369 g/mol. The predicted molar refractivity (Wildman–Crippen MR) is 91.6 cm³/mol. The minimum atomic E-state index is -1.67. The molecule has 0 spiro atoms. The molecule has 1 unspecified atom stereocenters. The molecule has 0 heterocycles. The highest BCUT2D eigenvalue weighted by Crippen LogP contribution is 2.13. The van der Waals surface area contributed by atoms with E-state index in [1.165, 1.54) is 31.4 Å². The smallest absolute Gasteiger partial charge is 0.338 e. The van der Waals surface area contributed by atoms with Gasteiger partial charge in [0.15, 0.2) is 0 Å². The van der Waals surface area contributed by atoms with E-state index in [9.17, 15) is 4.79 Å². The maximum absolute atomic E-state index is 11.8. The van der Waals surface area contributed by atoms with Gasteiger partial charge < -0.3 is 9.84 Å². The summed E-state index contributed by atoms with van der Waals surface area (Å²) >= 11 is 0. The number of ether oxygens (including phenoxy) is 1. The van der Waals surface area contributed by atoms with Crippen molar-refractivity contribution >= 4 is 36.6 Å². The van der Waals surface area contributed by atoms with Crippen LogP contribution >= 0.6 is 21.4 Å². The maximum atomic E-state index is 11.8.